The fraction of sp³-hybridized carbons (Fsp3) is 0.316. The van der Waals surface area contributed by atoms with Crippen molar-refractivity contribution in [2.75, 3.05) is 0 Å². The van der Waals surface area contributed by atoms with Crippen molar-refractivity contribution in [1.82, 2.24) is 5.32 Å². The molecule has 106 valence electrons. The van der Waals surface area contributed by atoms with Crippen molar-refractivity contribution >= 4 is 0 Å². The van der Waals surface area contributed by atoms with E-state index >= 15 is 0 Å². The molecule has 21 heavy (non-hydrogen) atoms. The van der Waals surface area contributed by atoms with Crippen molar-refractivity contribution in [2.24, 2.45) is 0 Å². The van der Waals surface area contributed by atoms with Crippen molar-refractivity contribution in [3.05, 3.63) is 70.3 Å². The van der Waals surface area contributed by atoms with Crippen LogP contribution in [-0.4, -0.2) is 0 Å². The molecule has 2 nitrogen and oxygen atoms in total. The van der Waals surface area contributed by atoms with E-state index in [2.05, 4.69) is 42.6 Å². The molecule has 0 radical (unpaired) electrons. The van der Waals surface area contributed by atoms with Gasteiger partial charge in [0.25, 0.3) is 0 Å². The van der Waals surface area contributed by atoms with Gasteiger partial charge in [0.15, 0.2) is 0 Å². The third-order valence-electron chi connectivity index (χ3n) is 4.29. The molecular formula is C19H20N2. The second kappa shape index (κ2) is 6.11. The molecule has 3 rings (SSSR count). The third-order valence-corrected chi connectivity index (χ3v) is 4.29. The molecule has 0 saturated carbocycles. The zero-order valence-electron chi connectivity index (χ0n) is 12.4. The first-order valence-corrected chi connectivity index (χ1v) is 7.60. The lowest BCUT2D eigenvalue weighted by Gasteiger charge is -2.16. The van der Waals surface area contributed by atoms with Crippen molar-refractivity contribution in [3.63, 3.8) is 0 Å². The maximum absolute atomic E-state index is 8.94. The SMILES string of the molecule is CC(NCc1cccc(C#N)c1)c1ccc2c(c1)CCC2. The minimum Gasteiger partial charge on any atom is -0.306 e. The molecule has 0 fully saturated rings. The van der Waals surface area contributed by atoms with Gasteiger partial charge in [-0.25, -0.2) is 0 Å². The Kier molecular flexibility index (Phi) is 4.03. The van der Waals surface area contributed by atoms with E-state index in [0.717, 1.165) is 17.7 Å². The van der Waals surface area contributed by atoms with Crippen LogP contribution in [0.25, 0.3) is 0 Å². The highest BCUT2D eigenvalue weighted by Crippen LogP contribution is 2.25. The lowest BCUT2D eigenvalue weighted by Crippen LogP contribution is -2.18. The average molecular weight is 276 g/mol. The van der Waals surface area contributed by atoms with E-state index < -0.39 is 0 Å². The van der Waals surface area contributed by atoms with Crippen LogP contribution in [0.4, 0.5) is 0 Å². The Bertz CT molecular complexity index is 682. The molecule has 0 aromatic heterocycles. The summed E-state index contributed by atoms with van der Waals surface area (Å²) in [5.74, 6) is 0. The number of nitrogens with one attached hydrogen (secondary N) is 1. The zero-order valence-corrected chi connectivity index (χ0v) is 12.4. The molecule has 1 N–H and O–H groups in total. The molecule has 0 amide bonds. The summed E-state index contributed by atoms with van der Waals surface area (Å²) in [6, 6.07) is 17.2. The van der Waals surface area contributed by atoms with Gasteiger partial charge in [-0.1, -0.05) is 30.3 Å². The van der Waals surface area contributed by atoms with Crippen LogP contribution in [0.5, 0.6) is 0 Å². The zero-order chi connectivity index (χ0) is 14.7. The summed E-state index contributed by atoms with van der Waals surface area (Å²) >= 11 is 0. The molecular weight excluding hydrogens is 256 g/mol. The molecule has 0 saturated heterocycles. The molecule has 0 spiro atoms. The van der Waals surface area contributed by atoms with Crippen LogP contribution in [0.2, 0.25) is 0 Å². The second-order valence-corrected chi connectivity index (χ2v) is 5.80. The highest BCUT2D eigenvalue weighted by molar-refractivity contribution is 5.36. The van der Waals surface area contributed by atoms with Gasteiger partial charge < -0.3 is 5.32 Å². The Morgan fingerprint density at radius 1 is 1.14 bits per heavy atom. The molecule has 1 aliphatic rings. The van der Waals surface area contributed by atoms with Crippen LogP contribution in [0.15, 0.2) is 42.5 Å². The number of nitrogens with zero attached hydrogens (tertiary/aromatic N) is 1. The first-order valence-electron chi connectivity index (χ1n) is 7.60. The highest BCUT2D eigenvalue weighted by Gasteiger charge is 2.13. The van der Waals surface area contributed by atoms with E-state index in [1.807, 2.05) is 18.2 Å². The summed E-state index contributed by atoms with van der Waals surface area (Å²) in [4.78, 5) is 0. The smallest absolute Gasteiger partial charge is 0.0991 e. The number of nitriles is 1. The fourth-order valence-corrected chi connectivity index (χ4v) is 3.00. The van der Waals surface area contributed by atoms with Crippen molar-refractivity contribution < 1.29 is 0 Å². The van der Waals surface area contributed by atoms with Crippen LogP contribution in [0.1, 0.15) is 47.2 Å². The molecule has 1 atom stereocenters. The topological polar surface area (TPSA) is 35.8 Å². The van der Waals surface area contributed by atoms with E-state index in [1.54, 1.807) is 0 Å². The predicted molar refractivity (Wildman–Crippen MR) is 84.9 cm³/mol. The summed E-state index contributed by atoms with van der Waals surface area (Å²) in [5.41, 5.74) is 6.27. The number of rotatable bonds is 4. The normalized spacial score (nSPS) is 14.5. The highest BCUT2D eigenvalue weighted by atomic mass is 14.9. The van der Waals surface area contributed by atoms with E-state index in [-0.39, 0.29) is 0 Å². The van der Waals surface area contributed by atoms with E-state index in [9.17, 15) is 0 Å². The Labute approximate surface area is 126 Å². The summed E-state index contributed by atoms with van der Waals surface area (Å²) in [5, 5.41) is 12.5. The largest absolute Gasteiger partial charge is 0.306 e. The minimum absolute atomic E-state index is 0.321. The van der Waals surface area contributed by atoms with Crippen molar-refractivity contribution in [3.8, 4) is 6.07 Å². The lowest BCUT2D eigenvalue weighted by molar-refractivity contribution is 0.574. The number of fused-ring (bicyclic) bond motifs is 1. The third kappa shape index (κ3) is 3.15. The Balaban J connectivity index is 1.66. The molecule has 0 heterocycles. The van der Waals surface area contributed by atoms with E-state index in [1.165, 1.54) is 36.0 Å². The quantitative estimate of drug-likeness (QED) is 0.919. The van der Waals surface area contributed by atoms with Crippen LogP contribution < -0.4 is 5.32 Å². The summed E-state index contributed by atoms with van der Waals surface area (Å²) < 4.78 is 0. The van der Waals surface area contributed by atoms with Crippen LogP contribution in [0.3, 0.4) is 0 Å². The fourth-order valence-electron chi connectivity index (χ4n) is 3.00. The summed E-state index contributed by atoms with van der Waals surface area (Å²) in [6.07, 6.45) is 3.75. The molecule has 2 aromatic carbocycles. The van der Waals surface area contributed by atoms with Crippen LogP contribution >= 0.6 is 0 Å². The van der Waals surface area contributed by atoms with Gasteiger partial charge in [-0.05, 0) is 60.6 Å². The van der Waals surface area contributed by atoms with Crippen LogP contribution in [-0.2, 0) is 19.4 Å². The van der Waals surface area contributed by atoms with Crippen molar-refractivity contribution in [1.29, 1.82) is 5.26 Å². The summed E-state index contributed by atoms with van der Waals surface area (Å²) in [7, 11) is 0. The second-order valence-electron chi connectivity index (χ2n) is 5.80. The molecule has 0 bridgehead atoms. The standard InChI is InChI=1S/C19H20N2/c1-14(18-9-8-17-6-3-7-19(17)11-18)21-13-16-5-2-4-15(10-16)12-20/h2,4-5,8-11,14,21H,3,6-7,13H2,1H3. The van der Waals surface area contributed by atoms with Gasteiger partial charge in [-0.3, -0.25) is 0 Å². The van der Waals surface area contributed by atoms with Gasteiger partial charge in [0.1, 0.15) is 0 Å². The number of hydrogen-bond acceptors (Lipinski definition) is 2. The minimum atomic E-state index is 0.321. The van der Waals surface area contributed by atoms with Crippen molar-refractivity contribution in [2.45, 2.75) is 38.8 Å². The Hall–Kier alpha value is -2.11. The lowest BCUT2D eigenvalue weighted by atomic mass is 10.0. The average Bonchev–Trinajstić information content (AvgIpc) is 3.00. The van der Waals surface area contributed by atoms with Gasteiger partial charge in [0.2, 0.25) is 0 Å². The van der Waals surface area contributed by atoms with Gasteiger partial charge in [-0.15, -0.1) is 0 Å². The van der Waals surface area contributed by atoms with Gasteiger partial charge in [-0.2, -0.15) is 5.26 Å². The van der Waals surface area contributed by atoms with Crippen LogP contribution in [0, 0.1) is 11.3 Å². The summed E-state index contributed by atoms with van der Waals surface area (Å²) in [6.45, 7) is 2.98. The first-order chi connectivity index (χ1) is 10.3. The predicted octanol–water partition coefficient (Wildman–Crippen LogP) is 3.90. The molecule has 1 aliphatic carbocycles. The number of benzene rings is 2. The maximum Gasteiger partial charge on any atom is 0.0991 e. The molecule has 1 unspecified atom stereocenters. The molecule has 0 aliphatic heterocycles. The number of hydrogen-bond donors (Lipinski definition) is 1. The van der Waals surface area contributed by atoms with Gasteiger partial charge in [0.05, 0.1) is 11.6 Å². The van der Waals surface area contributed by atoms with E-state index in [4.69, 9.17) is 5.26 Å². The molecule has 2 aromatic rings. The maximum atomic E-state index is 8.94. The Morgan fingerprint density at radius 2 is 2.00 bits per heavy atom. The molecule has 2 heteroatoms. The van der Waals surface area contributed by atoms with E-state index in [0.29, 0.717) is 6.04 Å². The number of aryl methyl sites for hydroxylation is 2. The first kappa shape index (κ1) is 13.9. The van der Waals surface area contributed by atoms with Gasteiger partial charge >= 0.3 is 0 Å². The van der Waals surface area contributed by atoms with Gasteiger partial charge in [0, 0.05) is 12.6 Å². The Morgan fingerprint density at radius 3 is 2.86 bits per heavy atom. The monoisotopic (exact) mass is 276 g/mol.